The van der Waals surface area contributed by atoms with Crippen molar-refractivity contribution < 1.29 is 13.2 Å². The molecule has 0 aliphatic heterocycles. The predicted octanol–water partition coefficient (Wildman–Crippen LogP) is 1.89. The Hall–Kier alpha value is -2.41. The Kier molecular flexibility index (Phi) is 5.56. The van der Waals surface area contributed by atoms with Gasteiger partial charge in [0.25, 0.3) is 5.91 Å². The average molecular weight is 347 g/mol. The summed E-state index contributed by atoms with van der Waals surface area (Å²) in [6.07, 6.45) is 4.21. The van der Waals surface area contributed by atoms with Crippen molar-refractivity contribution in [1.82, 2.24) is 10.3 Å². The molecule has 0 aliphatic carbocycles. The van der Waals surface area contributed by atoms with E-state index in [9.17, 15) is 13.2 Å². The standard InChI is InChI=1S/C17H21N3O3S/c1-13-6-7-16(11-14(13)2)20(24(3,22)23)10-9-19-17(21)15-5-4-8-18-12-15/h4-8,11-12H,9-10H2,1-3H3,(H,19,21). The molecule has 0 fully saturated rings. The van der Waals surface area contributed by atoms with Crippen LogP contribution in [-0.2, 0) is 10.0 Å². The number of aryl methyl sites for hydroxylation is 2. The third-order valence-corrected chi connectivity index (χ3v) is 4.90. The van der Waals surface area contributed by atoms with E-state index in [0.717, 1.165) is 17.4 Å². The Bertz CT molecular complexity index is 820. The van der Waals surface area contributed by atoms with Gasteiger partial charge in [-0.3, -0.25) is 14.1 Å². The summed E-state index contributed by atoms with van der Waals surface area (Å²) in [6, 6.07) is 8.81. The molecular weight excluding hydrogens is 326 g/mol. The van der Waals surface area contributed by atoms with E-state index in [0.29, 0.717) is 11.3 Å². The summed E-state index contributed by atoms with van der Waals surface area (Å²) in [5, 5.41) is 2.71. The first kappa shape index (κ1) is 17.9. The Labute approximate surface area is 142 Å². The van der Waals surface area contributed by atoms with Gasteiger partial charge in [0.2, 0.25) is 10.0 Å². The number of pyridine rings is 1. The number of nitrogens with one attached hydrogen (secondary N) is 1. The number of sulfonamides is 1. The number of aromatic nitrogens is 1. The van der Waals surface area contributed by atoms with Crippen LogP contribution in [0.5, 0.6) is 0 Å². The van der Waals surface area contributed by atoms with Crippen LogP contribution < -0.4 is 9.62 Å². The summed E-state index contributed by atoms with van der Waals surface area (Å²) < 4.78 is 25.4. The maximum Gasteiger partial charge on any atom is 0.252 e. The molecule has 1 aromatic carbocycles. The molecule has 1 aromatic heterocycles. The molecule has 0 spiro atoms. The molecule has 2 rings (SSSR count). The first-order chi connectivity index (χ1) is 11.3. The fourth-order valence-electron chi connectivity index (χ4n) is 2.24. The Morgan fingerprint density at radius 1 is 1.21 bits per heavy atom. The normalized spacial score (nSPS) is 11.1. The number of rotatable bonds is 6. The van der Waals surface area contributed by atoms with Crippen molar-refractivity contribution in [2.45, 2.75) is 13.8 Å². The minimum absolute atomic E-state index is 0.160. The third kappa shape index (κ3) is 4.55. The molecule has 0 atom stereocenters. The maximum absolute atomic E-state index is 12.1. The fraction of sp³-hybridized carbons (Fsp3) is 0.294. The van der Waals surface area contributed by atoms with Crippen LogP contribution in [-0.4, -0.2) is 38.7 Å². The lowest BCUT2D eigenvalue weighted by atomic mass is 10.1. The maximum atomic E-state index is 12.1. The van der Waals surface area contributed by atoms with E-state index in [2.05, 4.69) is 10.3 Å². The molecular formula is C17H21N3O3S. The first-order valence-electron chi connectivity index (χ1n) is 7.52. The average Bonchev–Trinajstić information content (AvgIpc) is 2.54. The van der Waals surface area contributed by atoms with Gasteiger partial charge in [0.1, 0.15) is 0 Å². The van der Waals surface area contributed by atoms with Crippen LogP contribution >= 0.6 is 0 Å². The summed E-state index contributed by atoms with van der Waals surface area (Å²) in [5.41, 5.74) is 3.14. The van der Waals surface area contributed by atoms with Crippen LogP contribution in [0.1, 0.15) is 21.5 Å². The number of nitrogens with zero attached hydrogens (tertiary/aromatic N) is 2. The van der Waals surface area contributed by atoms with Crippen molar-refractivity contribution in [3.05, 3.63) is 59.4 Å². The predicted molar refractivity (Wildman–Crippen MR) is 94.7 cm³/mol. The molecule has 0 bridgehead atoms. The summed E-state index contributed by atoms with van der Waals surface area (Å²) in [6.45, 7) is 4.27. The highest BCUT2D eigenvalue weighted by Gasteiger charge is 2.18. The molecule has 128 valence electrons. The monoisotopic (exact) mass is 347 g/mol. The topological polar surface area (TPSA) is 79.4 Å². The molecule has 1 heterocycles. The Morgan fingerprint density at radius 3 is 2.54 bits per heavy atom. The van der Waals surface area contributed by atoms with E-state index < -0.39 is 10.0 Å². The van der Waals surface area contributed by atoms with Crippen molar-refractivity contribution in [1.29, 1.82) is 0 Å². The van der Waals surface area contributed by atoms with Gasteiger partial charge in [0, 0.05) is 18.9 Å². The number of benzene rings is 1. The second-order valence-electron chi connectivity index (χ2n) is 5.60. The SMILES string of the molecule is Cc1ccc(N(CCNC(=O)c2cccnc2)S(C)(=O)=O)cc1C. The van der Waals surface area contributed by atoms with Gasteiger partial charge in [-0.2, -0.15) is 0 Å². The van der Waals surface area contributed by atoms with Gasteiger partial charge >= 0.3 is 0 Å². The Balaban J connectivity index is 2.08. The molecule has 0 aliphatic rings. The molecule has 0 unspecified atom stereocenters. The lowest BCUT2D eigenvalue weighted by molar-refractivity contribution is 0.0954. The Morgan fingerprint density at radius 2 is 1.96 bits per heavy atom. The zero-order valence-corrected chi connectivity index (χ0v) is 14.8. The highest BCUT2D eigenvalue weighted by Crippen LogP contribution is 2.20. The van der Waals surface area contributed by atoms with Gasteiger partial charge < -0.3 is 5.32 Å². The summed E-state index contributed by atoms with van der Waals surface area (Å²) >= 11 is 0. The number of hydrogen-bond donors (Lipinski definition) is 1. The van der Waals surface area contributed by atoms with Crippen molar-refractivity contribution in [3.8, 4) is 0 Å². The molecule has 6 nitrogen and oxygen atoms in total. The molecule has 24 heavy (non-hydrogen) atoms. The minimum atomic E-state index is -3.44. The van der Waals surface area contributed by atoms with Gasteiger partial charge in [-0.1, -0.05) is 6.07 Å². The zero-order valence-electron chi connectivity index (χ0n) is 14.0. The zero-order chi connectivity index (χ0) is 17.7. The van der Waals surface area contributed by atoms with Gasteiger partial charge in [0.15, 0.2) is 0 Å². The lowest BCUT2D eigenvalue weighted by Gasteiger charge is -2.23. The minimum Gasteiger partial charge on any atom is -0.350 e. The number of carbonyl (C=O) groups excluding carboxylic acids is 1. The number of amides is 1. The van der Waals surface area contributed by atoms with Crippen LogP contribution in [0.3, 0.4) is 0 Å². The number of hydrogen-bond acceptors (Lipinski definition) is 4. The van der Waals surface area contributed by atoms with Crippen LogP contribution in [0.4, 0.5) is 5.69 Å². The van der Waals surface area contributed by atoms with Gasteiger partial charge in [-0.25, -0.2) is 8.42 Å². The molecule has 0 saturated carbocycles. The quantitative estimate of drug-likeness (QED) is 0.865. The number of anilines is 1. The third-order valence-electron chi connectivity index (χ3n) is 3.70. The molecule has 0 saturated heterocycles. The van der Waals surface area contributed by atoms with Crippen molar-refractivity contribution in [2.75, 3.05) is 23.7 Å². The van der Waals surface area contributed by atoms with Crippen LogP contribution in [0.25, 0.3) is 0 Å². The second kappa shape index (κ2) is 7.44. The van der Waals surface area contributed by atoms with Gasteiger partial charge in [-0.05, 0) is 49.2 Å². The van der Waals surface area contributed by atoms with E-state index >= 15 is 0 Å². The largest absolute Gasteiger partial charge is 0.350 e. The fourth-order valence-corrected chi connectivity index (χ4v) is 3.16. The summed E-state index contributed by atoms with van der Waals surface area (Å²) in [4.78, 5) is 15.9. The van der Waals surface area contributed by atoms with E-state index in [1.54, 1.807) is 24.4 Å². The van der Waals surface area contributed by atoms with Crippen LogP contribution in [0.15, 0.2) is 42.7 Å². The van der Waals surface area contributed by atoms with E-state index in [4.69, 9.17) is 0 Å². The van der Waals surface area contributed by atoms with E-state index in [-0.39, 0.29) is 19.0 Å². The first-order valence-corrected chi connectivity index (χ1v) is 9.37. The van der Waals surface area contributed by atoms with E-state index in [1.165, 1.54) is 10.5 Å². The second-order valence-corrected chi connectivity index (χ2v) is 7.51. The van der Waals surface area contributed by atoms with E-state index in [1.807, 2.05) is 26.0 Å². The molecule has 1 amide bonds. The molecule has 2 aromatic rings. The summed E-state index contributed by atoms with van der Waals surface area (Å²) in [5.74, 6) is -0.281. The van der Waals surface area contributed by atoms with Crippen molar-refractivity contribution in [3.63, 3.8) is 0 Å². The molecule has 1 N–H and O–H groups in total. The van der Waals surface area contributed by atoms with Gasteiger partial charge in [-0.15, -0.1) is 0 Å². The van der Waals surface area contributed by atoms with Crippen molar-refractivity contribution >= 4 is 21.6 Å². The lowest BCUT2D eigenvalue weighted by Crippen LogP contribution is -2.38. The molecule has 7 heteroatoms. The highest BCUT2D eigenvalue weighted by atomic mass is 32.2. The van der Waals surface area contributed by atoms with Gasteiger partial charge in [0.05, 0.1) is 24.1 Å². The summed E-state index contributed by atoms with van der Waals surface area (Å²) in [7, 11) is -3.44. The number of carbonyl (C=O) groups is 1. The van der Waals surface area contributed by atoms with Crippen LogP contribution in [0.2, 0.25) is 0 Å². The molecule has 0 radical (unpaired) electrons. The van der Waals surface area contributed by atoms with Crippen LogP contribution in [0, 0.1) is 13.8 Å². The van der Waals surface area contributed by atoms with Crippen molar-refractivity contribution in [2.24, 2.45) is 0 Å². The highest BCUT2D eigenvalue weighted by molar-refractivity contribution is 7.92. The smallest absolute Gasteiger partial charge is 0.252 e.